The Morgan fingerprint density at radius 1 is 1.24 bits per heavy atom. The van der Waals surface area contributed by atoms with Gasteiger partial charge in [0.15, 0.2) is 5.84 Å². The van der Waals surface area contributed by atoms with Crippen LogP contribution in [0.2, 0.25) is 0 Å². The molecular formula is C22H25BrN4O5S. The van der Waals surface area contributed by atoms with Crippen LogP contribution in [0.1, 0.15) is 21.7 Å². The third-order valence-corrected chi connectivity index (χ3v) is 7.17. The summed E-state index contributed by atoms with van der Waals surface area (Å²) in [5, 5.41) is 9.92. The summed E-state index contributed by atoms with van der Waals surface area (Å²) in [5.74, 6) is 0.0907. The molecule has 1 aromatic carbocycles. The van der Waals surface area contributed by atoms with Crippen LogP contribution in [0.3, 0.4) is 0 Å². The molecule has 11 heteroatoms. The zero-order valence-corrected chi connectivity index (χ0v) is 20.8. The highest BCUT2D eigenvalue weighted by Gasteiger charge is 2.44. The fourth-order valence-corrected chi connectivity index (χ4v) is 5.15. The lowest BCUT2D eigenvalue weighted by molar-refractivity contribution is -0.122. The number of nitrogens with one attached hydrogen (secondary N) is 2. The first kappa shape index (κ1) is 23.7. The Morgan fingerprint density at radius 3 is 2.76 bits per heavy atom. The first-order chi connectivity index (χ1) is 15.9. The molecule has 2 saturated heterocycles. The maximum absolute atomic E-state index is 13.3. The van der Waals surface area contributed by atoms with Gasteiger partial charge in [0, 0.05) is 30.9 Å². The van der Waals surface area contributed by atoms with Crippen molar-refractivity contribution in [1.29, 1.82) is 0 Å². The Kier molecular flexibility index (Phi) is 7.32. The van der Waals surface area contributed by atoms with Gasteiger partial charge in [-0.2, -0.15) is 0 Å². The number of thiophene rings is 1. The first-order valence-corrected chi connectivity index (χ1v) is 12.1. The number of halogens is 1. The predicted molar refractivity (Wildman–Crippen MR) is 130 cm³/mol. The second kappa shape index (κ2) is 10.2. The standard InChI is InChI=1S/C22H25BrN4O5S/c1-14-11-15(3-4-16(14)27-8-10-31-12-19(27)26-30-2)24-21(29)22(7-9-32-13-22)25-20(28)17-5-6-18(23)33-17/h3-6,11H,7-10,12-13H2,1-2H3,(H,24,29)(H,25,28). The van der Waals surface area contributed by atoms with Crippen molar-refractivity contribution in [2.24, 2.45) is 5.16 Å². The Labute approximate surface area is 204 Å². The quantitative estimate of drug-likeness (QED) is 0.550. The van der Waals surface area contributed by atoms with Gasteiger partial charge in [0.05, 0.1) is 21.9 Å². The third-order valence-electron chi connectivity index (χ3n) is 5.55. The molecule has 0 spiro atoms. The molecule has 2 fully saturated rings. The Bertz CT molecular complexity index is 1070. The molecule has 9 nitrogen and oxygen atoms in total. The zero-order chi connectivity index (χ0) is 23.4. The Hall–Kier alpha value is -2.47. The number of nitrogens with zero attached hydrogens (tertiary/aromatic N) is 2. The first-order valence-electron chi connectivity index (χ1n) is 10.4. The number of benzene rings is 1. The molecule has 2 aliphatic heterocycles. The van der Waals surface area contributed by atoms with Gasteiger partial charge in [-0.15, -0.1) is 11.3 Å². The van der Waals surface area contributed by atoms with Gasteiger partial charge in [0.25, 0.3) is 11.8 Å². The number of rotatable bonds is 6. The van der Waals surface area contributed by atoms with Gasteiger partial charge >= 0.3 is 0 Å². The summed E-state index contributed by atoms with van der Waals surface area (Å²) in [5.41, 5.74) is 1.44. The van der Waals surface area contributed by atoms with Crippen molar-refractivity contribution in [3.63, 3.8) is 0 Å². The highest BCUT2D eigenvalue weighted by atomic mass is 79.9. The molecule has 0 bridgehead atoms. The van der Waals surface area contributed by atoms with E-state index < -0.39 is 5.54 Å². The van der Waals surface area contributed by atoms with Crippen LogP contribution in [0.4, 0.5) is 11.4 Å². The highest BCUT2D eigenvalue weighted by Crippen LogP contribution is 2.28. The summed E-state index contributed by atoms with van der Waals surface area (Å²) in [7, 11) is 1.50. The topological polar surface area (TPSA) is 101 Å². The van der Waals surface area contributed by atoms with Crippen molar-refractivity contribution in [2.75, 3.05) is 50.3 Å². The molecule has 1 aromatic heterocycles. The van der Waals surface area contributed by atoms with Crippen molar-refractivity contribution < 1.29 is 23.9 Å². The Morgan fingerprint density at radius 2 is 2.09 bits per heavy atom. The van der Waals surface area contributed by atoms with E-state index in [4.69, 9.17) is 14.3 Å². The van der Waals surface area contributed by atoms with E-state index in [2.05, 4.69) is 31.7 Å². The number of hydrogen-bond donors (Lipinski definition) is 2. The van der Waals surface area contributed by atoms with E-state index in [1.807, 2.05) is 30.0 Å². The molecule has 0 aliphatic carbocycles. The van der Waals surface area contributed by atoms with Gasteiger partial charge in [-0.25, -0.2) is 0 Å². The van der Waals surface area contributed by atoms with Crippen LogP contribution < -0.4 is 15.5 Å². The summed E-state index contributed by atoms with van der Waals surface area (Å²) in [6.45, 7) is 4.10. The maximum Gasteiger partial charge on any atom is 0.262 e. The van der Waals surface area contributed by atoms with Gasteiger partial charge in [0.1, 0.15) is 19.3 Å². The average molecular weight is 537 g/mol. The predicted octanol–water partition coefficient (Wildman–Crippen LogP) is 3.14. The third kappa shape index (κ3) is 5.21. The molecular weight excluding hydrogens is 512 g/mol. The van der Waals surface area contributed by atoms with Crippen LogP contribution in [0.15, 0.2) is 39.3 Å². The number of carbonyl (C=O) groups excluding carboxylic acids is 2. The molecule has 3 heterocycles. The molecule has 0 radical (unpaired) electrons. The van der Waals surface area contributed by atoms with Crippen molar-refractivity contribution in [1.82, 2.24) is 5.32 Å². The zero-order valence-electron chi connectivity index (χ0n) is 18.4. The largest absolute Gasteiger partial charge is 0.398 e. The number of aryl methyl sites for hydroxylation is 1. The lowest BCUT2D eigenvalue weighted by atomic mass is 9.96. The van der Waals surface area contributed by atoms with Crippen LogP contribution in [-0.4, -0.2) is 63.3 Å². The fourth-order valence-electron chi connectivity index (χ4n) is 3.87. The number of amidine groups is 1. The molecule has 33 heavy (non-hydrogen) atoms. The smallest absolute Gasteiger partial charge is 0.262 e. The molecule has 0 saturated carbocycles. The summed E-state index contributed by atoms with van der Waals surface area (Å²) in [6.07, 6.45) is 0.402. The molecule has 2 N–H and O–H groups in total. The summed E-state index contributed by atoms with van der Waals surface area (Å²) in [6, 6.07) is 9.19. The monoisotopic (exact) mass is 536 g/mol. The van der Waals surface area contributed by atoms with Crippen LogP contribution >= 0.6 is 27.3 Å². The average Bonchev–Trinajstić information content (AvgIpc) is 3.45. The second-order valence-electron chi connectivity index (χ2n) is 7.79. The lowest BCUT2D eigenvalue weighted by Crippen LogP contribution is -2.57. The number of morpholine rings is 1. The summed E-state index contributed by atoms with van der Waals surface area (Å²) in [4.78, 5) is 33.5. The van der Waals surface area contributed by atoms with E-state index in [0.29, 0.717) is 49.2 Å². The van der Waals surface area contributed by atoms with Gasteiger partial charge in [0.2, 0.25) is 0 Å². The second-order valence-corrected chi connectivity index (χ2v) is 10.3. The van der Waals surface area contributed by atoms with E-state index in [9.17, 15) is 9.59 Å². The normalized spacial score (nSPS) is 21.8. The van der Waals surface area contributed by atoms with Crippen LogP contribution in [0.25, 0.3) is 0 Å². The van der Waals surface area contributed by atoms with Crippen LogP contribution in [-0.2, 0) is 19.1 Å². The molecule has 2 aromatic rings. The van der Waals surface area contributed by atoms with E-state index in [0.717, 1.165) is 15.0 Å². The van der Waals surface area contributed by atoms with Crippen LogP contribution in [0, 0.1) is 6.92 Å². The summed E-state index contributed by atoms with van der Waals surface area (Å²) < 4.78 is 11.8. The lowest BCUT2D eigenvalue weighted by Gasteiger charge is -2.31. The fraction of sp³-hybridized carbons (Fsp3) is 0.409. The molecule has 2 aliphatic rings. The molecule has 1 atom stereocenters. The van der Waals surface area contributed by atoms with Crippen molar-refractivity contribution in [2.45, 2.75) is 18.9 Å². The molecule has 4 rings (SSSR count). The number of hydrogen-bond acceptors (Lipinski definition) is 7. The van der Waals surface area contributed by atoms with Gasteiger partial charge in [-0.05, 0) is 58.7 Å². The van der Waals surface area contributed by atoms with Gasteiger partial charge in [-0.1, -0.05) is 5.16 Å². The van der Waals surface area contributed by atoms with E-state index in [1.54, 1.807) is 12.1 Å². The highest BCUT2D eigenvalue weighted by molar-refractivity contribution is 9.11. The van der Waals surface area contributed by atoms with Gasteiger partial charge in [-0.3, -0.25) is 9.59 Å². The van der Waals surface area contributed by atoms with E-state index >= 15 is 0 Å². The molecule has 176 valence electrons. The number of oxime groups is 1. The van der Waals surface area contributed by atoms with Crippen LogP contribution in [0.5, 0.6) is 0 Å². The Balaban J connectivity index is 1.50. The minimum Gasteiger partial charge on any atom is -0.398 e. The minimum atomic E-state index is -1.12. The van der Waals surface area contributed by atoms with Crippen molar-refractivity contribution in [3.8, 4) is 0 Å². The number of carbonyl (C=O) groups is 2. The van der Waals surface area contributed by atoms with E-state index in [1.165, 1.54) is 18.4 Å². The van der Waals surface area contributed by atoms with Crippen molar-refractivity contribution in [3.05, 3.63) is 44.6 Å². The number of amides is 2. The maximum atomic E-state index is 13.3. The number of anilines is 2. The SMILES string of the molecule is CON=C1COCCN1c1ccc(NC(=O)C2(NC(=O)c3ccc(Br)s3)CCOC2)cc1C. The minimum absolute atomic E-state index is 0.124. The molecule has 1 unspecified atom stereocenters. The summed E-state index contributed by atoms with van der Waals surface area (Å²) >= 11 is 4.68. The van der Waals surface area contributed by atoms with Gasteiger partial charge < -0.3 is 29.8 Å². The van der Waals surface area contributed by atoms with E-state index in [-0.39, 0.29) is 18.4 Å². The number of ether oxygens (including phenoxy) is 2. The molecule has 2 amide bonds. The van der Waals surface area contributed by atoms with Crippen molar-refractivity contribution >= 4 is 56.3 Å².